The molecule has 14 heavy (non-hydrogen) atoms. The van der Waals surface area contributed by atoms with E-state index in [0.29, 0.717) is 5.41 Å². The molecule has 0 amide bonds. The number of rotatable bonds is 4. The Morgan fingerprint density at radius 2 is 2.36 bits per heavy atom. The van der Waals surface area contributed by atoms with Crippen LogP contribution in [0.1, 0.15) is 24.6 Å². The molecule has 1 saturated carbocycles. The van der Waals surface area contributed by atoms with Gasteiger partial charge in [0.1, 0.15) is 4.34 Å². The van der Waals surface area contributed by atoms with Crippen molar-refractivity contribution in [2.45, 2.75) is 26.3 Å². The summed E-state index contributed by atoms with van der Waals surface area (Å²) >= 11 is 11.0. The van der Waals surface area contributed by atoms with Gasteiger partial charge in [0, 0.05) is 22.4 Å². The van der Waals surface area contributed by atoms with Gasteiger partial charge < -0.3 is 5.32 Å². The lowest BCUT2D eigenvalue weighted by Gasteiger charge is -2.08. The van der Waals surface area contributed by atoms with Crippen molar-refractivity contribution in [1.29, 1.82) is 0 Å². The van der Waals surface area contributed by atoms with Gasteiger partial charge in [-0.2, -0.15) is 0 Å². The molecular weight excluding hydrogens is 282 g/mol. The summed E-state index contributed by atoms with van der Waals surface area (Å²) in [6, 6.07) is 2.09. The van der Waals surface area contributed by atoms with E-state index >= 15 is 0 Å². The van der Waals surface area contributed by atoms with Gasteiger partial charge in [-0.15, -0.1) is 11.3 Å². The molecule has 4 heteroatoms. The van der Waals surface area contributed by atoms with Gasteiger partial charge in [0.15, 0.2) is 0 Å². The van der Waals surface area contributed by atoms with E-state index in [1.807, 2.05) is 0 Å². The van der Waals surface area contributed by atoms with E-state index < -0.39 is 0 Å². The molecule has 0 unspecified atom stereocenters. The lowest BCUT2D eigenvalue weighted by atomic mass is 10.1. The average Bonchev–Trinajstić information content (AvgIpc) is 2.75. The highest BCUT2D eigenvalue weighted by Gasteiger charge is 2.36. The summed E-state index contributed by atoms with van der Waals surface area (Å²) in [5.41, 5.74) is 0.582. The van der Waals surface area contributed by atoms with Gasteiger partial charge in [-0.3, -0.25) is 0 Å². The Hall–Kier alpha value is 0.430. The van der Waals surface area contributed by atoms with Crippen molar-refractivity contribution in [3.8, 4) is 0 Å². The number of hydrogen-bond donors (Lipinski definition) is 1. The second-order valence-electron chi connectivity index (χ2n) is 4.25. The second kappa shape index (κ2) is 4.12. The largest absolute Gasteiger partial charge is 0.311 e. The highest BCUT2D eigenvalue weighted by molar-refractivity contribution is 9.10. The number of nitrogens with one attached hydrogen (secondary N) is 1. The summed E-state index contributed by atoms with van der Waals surface area (Å²) < 4.78 is 1.86. The van der Waals surface area contributed by atoms with Gasteiger partial charge in [0.05, 0.1) is 0 Å². The lowest BCUT2D eigenvalue weighted by Crippen LogP contribution is -2.20. The molecule has 1 heterocycles. The van der Waals surface area contributed by atoms with Gasteiger partial charge in [-0.25, -0.2) is 0 Å². The number of hydrogen-bond acceptors (Lipinski definition) is 2. The molecule has 0 bridgehead atoms. The van der Waals surface area contributed by atoms with Gasteiger partial charge in [-0.1, -0.05) is 18.5 Å². The summed E-state index contributed by atoms with van der Waals surface area (Å²) in [6.07, 6.45) is 2.74. The zero-order valence-corrected chi connectivity index (χ0v) is 11.2. The summed E-state index contributed by atoms with van der Waals surface area (Å²) in [6.45, 7) is 4.39. The molecule has 2 rings (SSSR count). The van der Waals surface area contributed by atoms with Crippen LogP contribution in [0.5, 0.6) is 0 Å². The van der Waals surface area contributed by atoms with Crippen molar-refractivity contribution in [3.63, 3.8) is 0 Å². The molecular formula is C10H13BrClNS. The maximum atomic E-state index is 5.95. The quantitative estimate of drug-likeness (QED) is 0.883. The Morgan fingerprint density at radius 3 is 2.86 bits per heavy atom. The van der Waals surface area contributed by atoms with Crippen LogP contribution in [0, 0.1) is 5.41 Å². The van der Waals surface area contributed by atoms with Crippen LogP contribution in [0.15, 0.2) is 10.5 Å². The first kappa shape index (κ1) is 10.9. The first-order valence-corrected chi connectivity index (χ1v) is 6.72. The third-order valence-corrected chi connectivity index (χ3v) is 5.13. The maximum Gasteiger partial charge on any atom is 0.107 e. The van der Waals surface area contributed by atoms with Gasteiger partial charge >= 0.3 is 0 Å². The highest BCUT2D eigenvalue weighted by Crippen LogP contribution is 2.44. The van der Waals surface area contributed by atoms with Crippen LogP contribution < -0.4 is 5.32 Å². The van der Waals surface area contributed by atoms with Crippen molar-refractivity contribution in [2.75, 3.05) is 6.54 Å². The second-order valence-corrected chi connectivity index (χ2v) is 6.84. The van der Waals surface area contributed by atoms with Crippen LogP contribution in [-0.2, 0) is 6.54 Å². The fourth-order valence-electron chi connectivity index (χ4n) is 1.36. The molecule has 1 aromatic heterocycles. The van der Waals surface area contributed by atoms with Gasteiger partial charge in [-0.05, 0) is 40.3 Å². The number of thiophene rings is 1. The molecule has 78 valence electrons. The fraction of sp³-hybridized carbons (Fsp3) is 0.600. The molecule has 0 saturated heterocycles. The maximum absolute atomic E-state index is 5.95. The van der Waals surface area contributed by atoms with Crippen LogP contribution in [-0.4, -0.2) is 6.54 Å². The van der Waals surface area contributed by atoms with Crippen molar-refractivity contribution in [2.24, 2.45) is 5.41 Å². The van der Waals surface area contributed by atoms with E-state index in [2.05, 4.69) is 34.2 Å². The van der Waals surface area contributed by atoms with Crippen molar-refractivity contribution in [1.82, 2.24) is 5.32 Å². The van der Waals surface area contributed by atoms with E-state index in [-0.39, 0.29) is 0 Å². The molecule has 1 aromatic rings. The van der Waals surface area contributed by atoms with E-state index in [0.717, 1.165) is 21.9 Å². The molecule has 1 aliphatic rings. The lowest BCUT2D eigenvalue weighted by molar-refractivity contribution is 0.501. The minimum atomic E-state index is 0.582. The standard InChI is InChI=1S/C10H13BrClNS/c1-10(2-3-10)6-13-5-7-4-8(11)9(12)14-7/h4,13H,2-3,5-6H2,1H3. The summed E-state index contributed by atoms with van der Waals surface area (Å²) in [5, 5.41) is 3.48. The van der Waals surface area contributed by atoms with E-state index in [4.69, 9.17) is 11.6 Å². The highest BCUT2D eigenvalue weighted by atomic mass is 79.9. The fourth-order valence-corrected chi connectivity index (χ4v) is 3.12. The first-order valence-electron chi connectivity index (χ1n) is 4.73. The van der Waals surface area contributed by atoms with Crippen LogP contribution in [0.2, 0.25) is 4.34 Å². The Kier molecular flexibility index (Phi) is 3.22. The van der Waals surface area contributed by atoms with Gasteiger partial charge in [0.2, 0.25) is 0 Å². The smallest absolute Gasteiger partial charge is 0.107 e. The predicted molar refractivity (Wildman–Crippen MR) is 66.1 cm³/mol. The molecule has 0 spiro atoms. The molecule has 1 N–H and O–H groups in total. The number of halogens is 2. The van der Waals surface area contributed by atoms with E-state index in [9.17, 15) is 0 Å². The van der Waals surface area contributed by atoms with E-state index in [1.165, 1.54) is 17.7 Å². The van der Waals surface area contributed by atoms with Crippen LogP contribution >= 0.6 is 38.9 Å². The van der Waals surface area contributed by atoms with Crippen molar-refractivity contribution >= 4 is 38.9 Å². The average molecular weight is 295 g/mol. The molecule has 0 radical (unpaired) electrons. The van der Waals surface area contributed by atoms with Crippen LogP contribution in [0.25, 0.3) is 0 Å². The van der Waals surface area contributed by atoms with Crippen LogP contribution in [0.4, 0.5) is 0 Å². The molecule has 0 aromatic carbocycles. The zero-order valence-electron chi connectivity index (χ0n) is 8.07. The molecule has 1 aliphatic carbocycles. The summed E-state index contributed by atoms with van der Waals surface area (Å²) in [4.78, 5) is 1.30. The summed E-state index contributed by atoms with van der Waals surface area (Å²) in [5.74, 6) is 0. The third kappa shape index (κ3) is 2.72. The zero-order chi connectivity index (χ0) is 10.2. The molecule has 1 fully saturated rings. The van der Waals surface area contributed by atoms with Gasteiger partial charge in [0.25, 0.3) is 0 Å². The minimum absolute atomic E-state index is 0.582. The third-order valence-electron chi connectivity index (χ3n) is 2.65. The van der Waals surface area contributed by atoms with Crippen LogP contribution in [0.3, 0.4) is 0 Å². The first-order chi connectivity index (χ1) is 6.59. The Bertz CT molecular complexity index is 313. The normalized spacial score (nSPS) is 18.5. The molecule has 1 nitrogen and oxygen atoms in total. The Morgan fingerprint density at radius 1 is 1.64 bits per heavy atom. The monoisotopic (exact) mass is 293 g/mol. The predicted octanol–water partition coefficient (Wildman–Crippen LogP) is 4.05. The SMILES string of the molecule is CC1(CNCc2cc(Br)c(Cl)s2)CC1. The van der Waals surface area contributed by atoms with E-state index in [1.54, 1.807) is 11.3 Å². The minimum Gasteiger partial charge on any atom is -0.311 e. The topological polar surface area (TPSA) is 12.0 Å². The van der Waals surface area contributed by atoms with Crippen molar-refractivity contribution < 1.29 is 0 Å². The van der Waals surface area contributed by atoms with Crippen molar-refractivity contribution in [3.05, 3.63) is 19.8 Å². The summed E-state index contributed by atoms with van der Waals surface area (Å²) in [7, 11) is 0. The molecule has 0 atom stereocenters. The Balaban J connectivity index is 1.80. The Labute approximate surface area is 102 Å². The molecule has 0 aliphatic heterocycles.